The Labute approximate surface area is 174 Å². The third-order valence-electron chi connectivity index (χ3n) is 6.48. The molecule has 1 aliphatic heterocycles. The third kappa shape index (κ3) is 4.92. The fraction of sp³-hybridized carbons (Fsp3) is 0.739. The van der Waals surface area contributed by atoms with Gasteiger partial charge in [-0.05, 0) is 68.5 Å². The number of piperidine rings is 1. The molecule has 1 aromatic rings. The first kappa shape index (κ1) is 20.6. The van der Waals surface area contributed by atoms with Crippen molar-refractivity contribution in [3.05, 3.63) is 23.5 Å². The van der Waals surface area contributed by atoms with Crippen LogP contribution in [-0.4, -0.2) is 60.7 Å². The first-order valence-corrected chi connectivity index (χ1v) is 11.4. The van der Waals surface area contributed by atoms with Gasteiger partial charge >= 0.3 is 0 Å². The van der Waals surface area contributed by atoms with Gasteiger partial charge in [0.1, 0.15) is 0 Å². The summed E-state index contributed by atoms with van der Waals surface area (Å²) < 4.78 is 5.43. The van der Waals surface area contributed by atoms with Crippen molar-refractivity contribution in [3.8, 4) is 0 Å². The van der Waals surface area contributed by atoms with Crippen LogP contribution in [0.1, 0.15) is 74.3 Å². The van der Waals surface area contributed by atoms with Crippen molar-refractivity contribution in [1.82, 2.24) is 15.2 Å². The SMILES string of the molecule is COC1CC(Nc2cc(C3CC3)cnc2C(=O)N(CC(C)C)[C@H]2CCCNC2)C1. The summed E-state index contributed by atoms with van der Waals surface area (Å²) in [6, 6.07) is 2.79. The van der Waals surface area contributed by atoms with Crippen LogP contribution in [0.5, 0.6) is 0 Å². The number of nitrogens with one attached hydrogen (secondary N) is 2. The lowest BCUT2D eigenvalue weighted by Crippen LogP contribution is -2.50. The first-order chi connectivity index (χ1) is 14.0. The fourth-order valence-electron chi connectivity index (χ4n) is 4.52. The Morgan fingerprint density at radius 2 is 2.14 bits per heavy atom. The Hall–Kier alpha value is -1.66. The summed E-state index contributed by atoms with van der Waals surface area (Å²) in [6.07, 6.45) is 8.88. The van der Waals surface area contributed by atoms with Crippen LogP contribution in [0.4, 0.5) is 5.69 Å². The second kappa shape index (κ2) is 9.00. The van der Waals surface area contributed by atoms with E-state index in [-0.39, 0.29) is 11.9 Å². The van der Waals surface area contributed by atoms with Crippen molar-refractivity contribution in [2.24, 2.45) is 5.92 Å². The van der Waals surface area contributed by atoms with Crippen LogP contribution in [0.15, 0.2) is 12.3 Å². The van der Waals surface area contributed by atoms with Gasteiger partial charge in [0.25, 0.3) is 5.91 Å². The standard InChI is InChI=1S/C23H36N4O2/c1-15(2)14-27(19-5-4-8-24-13-19)23(28)22-21(26-18-10-20(11-18)29-3)9-17(12-25-22)16-6-7-16/h9,12,15-16,18-20,24,26H,4-8,10-11,13-14H2,1-3H3/t18?,19-,20?/m0/s1. The molecule has 2 saturated carbocycles. The maximum atomic E-state index is 13.7. The summed E-state index contributed by atoms with van der Waals surface area (Å²) in [5.74, 6) is 1.12. The maximum absolute atomic E-state index is 13.7. The summed E-state index contributed by atoms with van der Waals surface area (Å²) in [7, 11) is 1.77. The molecule has 0 unspecified atom stereocenters. The van der Waals surface area contributed by atoms with E-state index in [2.05, 4.69) is 35.4 Å². The number of nitrogens with zero attached hydrogens (tertiary/aromatic N) is 2. The highest BCUT2D eigenvalue weighted by Gasteiger charge is 2.34. The van der Waals surface area contributed by atoms with Gasteiger partial charge in [-0.2, -0.15) is 0 Å². The predicted octanol–water partition coefficient (Wildman–Crippen LogP) is 3.40. The highest BCUT2D eigenvalue weighted by molar-refractivity contribution is 5.98. The number of pyridine rings is 1. The molecule has 29 heavy (non-hydrogen) atoms. The minimum Gasteiger partial charge on any atom is -0.381 e. The van der Waals surface area contributed by atoms with E-state index in [4.69, 9.17) is 9.72 Å². The molecule has 0 spiro atoms. The highest BCUT2D eigenvalue weighted by Crippen LogP contribution is 2.41. The molecule has 160 valence electrons. The monoisotopic (exact) mass is 400 g/mol. The number of rotatable bonds is 8. The lowest BCUT2D eigenvalue weighted by atomic mass is 9.89. The Bertz CT molecular complexity index is 707. The Morgan fingerprint density at radius 3 is 2.76 bits per heavy atom. The maximum Gasteiger partial charge on any atom is 0.274 e. The molecule has 2 N–H and O–H groups in total. The molecule has 4 rings (SSSR count). The molecule has 1 aromatic heterocycles. The molecule has 6 nitrogen and oxygen atoms in total. The average Bonchev–Trinajstić information content (AvgIpc) is 3.54. The van der Waals surface area contributed by atoms with E-state index in [0.717, 1.165) is 51.0 Å². The first-order valence-electron chi connectivity index (χ1n) is 11.4. The van der Waals surface area contributed by atoms with Crippen LogP contribution < -0.4 is 10.6 Å². The van der Waals surface area contributed by atoms with Gasteiger partial charge in [0.2, 0.25) is 0 Å². The fourth-order valence-corrected chi connectivity index (χ4v) is 4.52. The van der Waals surface area contributed by atoms with E-state index in [1.165, 1.54) is 18.4 Å². The molecule has 1 saturated heterocycles. The minimum atomic E-state index is 0.0693. The number of amides is 1. The average molecular weight is 401 g/mol. The number of methoxy groups -OCH3 is 1. The van der Waals surface area contributed by atoms with Crippen molar-refractivity contribution in [2.75, 3.05) is 32.1 Å². The molecular weight excluding hydrogens is 364 g/mol. The van der Waals surface area contributed by atoms with Crippen LogP contribution in [0.2, 0.25) is 0 Å². The van der Waals surface area contributed by atoms with E-state index in [0.29, 0.717) is 29.7 Å². The zero-order valence-corrected chi connectivity index (χ0v) is 18.1. The molecule has 3 aliphatic rings. The van der Waals surface area contributed by atoms with Crippen LogP contribution in [-0.2, 0) is 4.74 Å². The van der Waals surface area contributed by atoms with E-state index >= 15 is 0 Å². The van der Waals surface area contributed by atoms with Crippen molar-refractivity contribution < 1.29 is 9.53 Å². The molecule has 2 aliphatic carbocycles. The number of aromatic nitrogens is 1. The van der Waals surface area contributed by atoms with E-state index in [9.17, 15) is 4.79 Å². The normalized spacial score (nSPS) is 26.8. The zero-order chi connectivity index (χ0) is 20.4. The number of hydrogen-bond acceptors (Lipinski definition) is 5. The van der Waals surface area contributed by atoms with Crippen molar-refractivity contribution in [2.45, 2.75) is 76.5 Å². The van der Waals surface area contributed by atoms with Gasteiger partial charge < -0.3 is 20.3 Å². The van der Waals surface area contributed by atoms with Gasteiger partial charge in [0, 0.05) is 38.5 Å². The molecule has 0 aromatic carbocycles. The number of carbonyl (C=O) groups excluding carboxylic acids is 1. The Kier molecular flexibility index (Phi) is 6.40. The molecule has 3 fully saturated rings. The summed E-state index contributed by atoms with van der Waals surface area (Å²) in [5.41, 5.74) is 2.76. The van der Waals surface area contributed by atoms with E-state index in [1.807, 2.05) is 6.20 Å². The van der Waals surface area contributed by atoms with Crippen LogP contribution in [0.3, 0.4) is 0 Å². The van der Waals surface area contributed by atoms with E-state index < -0.39 is 0 Å². The van der Waals surface area contributed by atoms with Crippen molar-refractivity contribution in [3.63, 3.8) is 0 Å². The molecule has 1 amide bonds. The second-order valence-electron chi connectivity index (χ2n) is 9.46. The topological polar surface area (TPSA) is 66.5 Å². The molecule has 6 heteroatoms. The molecule has 0 bridgehead atoms. The molecule has 2 heterocycles. The van der Waals surface area contributed by atoms with Crippen molar-refractivity contribution >= 4 is 11.6 Å². The van der Waals surface area contributed by atoms with Crippen LogP contribution in [0.25, 0.3) is 0 Å². The minimum absolute atomic E-state index is 0.0693. The van der Waals surface area contributed by atoms with Crippen LogP contribution in [0, 0.1) is 5.92 Å². The smallest absolute Gasteiger partial charge is 0.274 e. The molecule has 1 atom stereocenters. The predicted molar refractivity (Wildman–Crippen MR) is 115 cm³/mol. The summed E-state index contributed by atoms with van der Waals surface area (Å²) in [5, 5.41) is 7.08. The van der Waals surface area contributed by atoms with Crippen molar-refractivity contribution in [1.29, 1.82) is 0 Å². The number of ether oxygens (including phenoxy) is 1. The summed E-state index contributed by atoms with van der Waals surface area (Å²) >= 11 is 0. The van der Waals surface area contributed by atoms with Gasteiger partial charge in [0.05, 0.1) is 11.8 Å². The molecule has 0 radical (unpaired) electrons. The summed E-state index contributed by atoms with van der Waals surface area (Å²) in [6.45, 7) is 7.05. The van der Waals surface area contributed by atoms with Gasteiger partial charge in [0.15, 0.2) is 5.69 Å². The Morgan fingerprint density at radius 1 is 1.34 bits per heavy atom. The number of anilines is 1. The third-order valence-corrected chi connectivity index (χ3v) is 6.48. The number of hydrogen-bond donors (Lipinski definition) is 2. The lowest BCUT2D eigenvalue weighted by molar-refractivity contribution is 0.0328. The van der Waals surface area contributed by atoms with Gasteiger partial charge in [-0.15, -0.1) is 0 Å². The number of carbonyl (C=O) groups is 1. The van der Waals surface area contributed by atoms with Crippen LogP contribution >= 0.6 is 0 Å². The highest BCUT2D eigenvalue weighted by atomic mass is 16.5. The molecular formula is C23H36N4O2. The van der Waals surface area contributed by atoms with Gasteiger partial charge in [-0.1, -0.05) is 13.8 Å². The zero-order valence-electron chi connectivity index (χ0n) is 18.1. The summed E-state index contributed by atoms with van der Waals surface area (Å²) in [4.78, 5) is 20.5. The Balaban J connectivity index is 1.57. The van der Waals surface area contributed by atoms with Gasteiger partial charge in [-0.3, -0.25) is 4.79 Å². The van der Waals surface area contributed by atoms with E-state index in [1.54, 1.807) is 7.11 Å². The largest absolute Gasteiger partial charge is 0.381 e. The van der Waals surface area contributed by atoms with Gasteiger partial charge in [-0.25, -0.2) is 4.98 Å². The second-order valence-corrected chi connectivity index (χ2v) is 9.46. The quantitative estimate of drug-likeness (QED) is 0.700. The lowest BCUT2D eigenvalue weighted by Gasteiger charge is -2.37.